The molecule has 0 spiro atoms. The van der Waals surface area contributed by atoms with Crippen molar-refractivity contribution in [3.8, 4) is 0 Å². The number of nitrogens with one attached hydrogen (secondary N) is 1. The topological polar surface area (TPSA) is 95.9 Å². The first-order chi connectivity index (χ1) is 32.5. The lowest BCUT2D eigenvalue weighted by Gasteiger charge is -2.22. The molecule has 1 amide bonds. The lowest BCUT2D eigenvalue weighted by Crippen LogP contribution is -2.45. The number of unbranched alkanes of at least 4 members (excludes halogenated alkanes) is 43. The number of aliphatic hydroxyl groups is 2. The van der Waals surface area contributed by atoms with E-state index in [2.05, 4.69) is 31.3 Å². The minimum absolute atomic E-state index is 0.0135. The van der Waals surface area contributed by atoms with Crippen LogP contribution in [0.25, 0.3) is 0 Å². The van der Waals surface area contributed by atoms with Gasteiger partial charge in [-0.3, -0.25) is 9.59 Å². The van der Waals surface area contributed by atoms with Crippen LogP contribution < -0.4 is 5.32 Å². The zero-order valence-corrected chi connectivity index (χ0v) is 44.7. The SMILES string of the molecule is CCCCCCCCCCCCCCCC(O)C(CO)NC(=O)CCCCCCCCCCC/C=C\CCCCCCCCCCCCCCOC(=O)CCCCCCCCCCCCC. The van der Waals surface area contributed by atoms with Gasteiger partial charge in [0.1, 0.15) is 0 Å². The molecule has 0 aromatic carbocycles. The molecule has 6 nitrogen and oxygen atoms in total. The number of carbonyl (C=O) groups excluding carboxylic acids is 2. The van der Waals surface area contributed by atoms with Crippen molar-refractivity contribution in [2.24, 2.45) is 0 Å². The molecule has 0 bridgehead atoms. The van der Waals surface area contributed by atoms with Crippen molar-refractivity contribution in [1.29, 1.82) is 0 Å². The van der Waals surface area contributed by atoms with E-state index in [1.165, 1.54) is 263 Å². The fraction of sp³-hybridized carbons (Fsp3) is 0.933. The van der Waals surface area contributed by atoms with E-state index in [4.69, 9.17) is 4.74 Å². The molecule has 2 unspecified atom stereocenters. The van der Waals surface area contributed by atoms with Gasteiger partial charge in [0.25, 0.3) is 0 Å². The van der Waals surface area contributed by atoms with Crippen molar-refractivity contribution in [3.05, 3.63) is 12.2 Å². The van der Waals surface area contributed by atoms with E-state index in [0.717, 1.165) is 38.5 Å². The van der Waals surface area contributed by atoms with Gasteiger partial charge in [-0.15, -0.1) is 0 Å². The quantitative estimate of drug-likeness (QED) is 0.0321. The predicted molar refractivity (Wildman–Crippen MR) is 287 cm³/mol. The van der Waals surface area contributed by atoms with Gasteiger partial charge in [0.15, 0.2) is 0 Å². The van der Waals surface area contributed by atoms with Crippen molar-refractivity contribution in [1.82, 2.24) is 5.32 Å². The number of hydrogen-bond donors (Lipinski definition) is 3. The predicted octanol–water partition coefficient (Wildman–Crippen LogP) is 18.5. The van der Waals surface area contributed by atoms with E-state index >= 15 is 0 Å². The number of ether oxygens (including phenoxy) is 1. The second kappa shape index (κ2) is 56.2. The van der Waals surface area contributed by atoms with Crippen LogP contribution in [0.15, 0.2) is 12.2 Å². The van der Waals surface area contributed by atoms with Crippen LogP contribution in [0.1, 0.15) is 335 Å². The first-order valence-corrected chi connectivity index (χ1v) is 29.9. The summed E-state index contributed by atoms with van der Waals surface area (Å²) < 4.78 is 5.46. The molecule has 0 aliphatic rings. The molecule has 0 aromatic heterocycles. The Morgan fingerprint density at radius 2 is 0.712 bits per heavy atom. The molecule has 0 aliphatic heterocycles. The Morgan fingerprint density at radius 3 is 1.08 bits per heavy atom. The molecule has 2 atom stereocenters. The Bertz CT molecular complexity index is 986. The summed E-state index contributed by atoms with van der Waals surface area (Å²) in [5.41, 5.74) is 0. The fourth-order valence-corrected chi connectivity index (χ4v) is 9.46. The highest BCUT2D eigenvalue weighted by Gasteiger charge is 2.20. The molecule has 0 rings (SSSR count). The molecular weight excluding hydrogens is 815 g/mol. The average Bonchev–Trinajstić information content (AvgIpc) is 3.32. The van der Waals surface area contributed by atoms with Gasteiger partial charge in [-0.2, -0.15) is 0 Å². The van der Waals surface area contributed by atoms with Gasteiger partial charge in [-0.1, -0.05) is 283 Å². The summed E-state index contributed by atoms with van der Waals surface area (Å²) in [4.78, 5) is 24.4. The highest BCUT2D eigenvalue weighted by atomic mass is 16.5. The van der Waals surface area contributed by atoms with Crippen LogP contribution >= 0.6 is 0 Å². The van der Waals surface area contributed by atoms with E-state index in [1.54, 1.807) is 0 Å². The highest BCUT2D eigenvalue weighted by Crippen LogP contribution is 2.17. The van der Waals surface area contributed by atoms with Gasteiger partial charge in [-0.25, -0.2) is 0 Å². The van der Waals surface area contributed by atoms with Crippen LogP contribution in [-0.2, 0) is 14.3 Å². The van der Waals surface area contributed by atoms with Crippen molar-refractivity contribution < 1.29 is 24.5 Å². The number of allylic oxidation sites excluding steroid dienone is 2. The van der Waals surface area contributed by atoms with Crippen LogP contribution in [0.3, 0.4) is 0 Å². The van der Waals surface area contributed by atoms with E-state index in [0.29, 0.717) is 25.9 Å². The number of rotatable bonds is 56. The molecule has 0 aromatic rings. The third-order valence-electron chi connectivity index (χ3n) is 14.1. The van der Waals surface area contributed by atoms with Crippen LogP contribution in [0.2, 0.25) is 0 Å². The monoisotopic (exact) mass is 932 g/mol. The summed E-state index contributed by atoms with van der Waals surface area (Å²) in [5, 5.41) is 23.2. The molecular formula is C60H117NO5. The summed E-state index contributed by atoms with van der Waals surface area (Å²) in [6.45, 7) is 4.96. The van der Waals surface area contributed by atoms with Crippen molar-refractivity contribution in [2.45, 2.75) is 347 Å². The minimum Gasteiger partial charge on any atom is -0.466 e. The van der Waals surface area contributed by atoms with Gasteiger partial charge >= 0.3 is 5.97 Å². The average molecular weight is 933 g/mol. The van der Waals surface area contributed by atoms with Crippen LogP contribution in [0.4, 0.5) is 0 Å². The fourth-order valence-electron chi connectivity index (χ4n) is 9.46. The number of aliphatic hydroxyl groups excluding tert-OH is 2. The molecule has 6 heteroatoms. The van der Waals surface area contributed by atoms with E-state index in [-0.39, 0.29) is 18.5 Å². The molecule has 0 saturated heterocycles. The lowest BCUT2D eigenvalue weighted by atomic mass is 10.0. The number of esters is 1. The van der Waals surface area contributed by atoms with Gasteiger partial charge in [-0.05, 0) is 51.4 Å². The van der Waals surface area contributed by atoms with Gasteiger partial charge in [0.2, 0.25) is 5.91 Å². The normalized spacial score (nSPS) is 12.6. The summed E-state index contributed by atoms with van der Waals surface area (Å²) in [5.74, 6) is -0.0231. The number of amides is 1. The molecule has 0 saturated carbocycles. The Morgan fingerprint density at radius 1 is 0.409 bits per heavy atom. The molecule has 0 aliphatic carbocycles. The van der Waals surface area contributed by atoms with Crippen molar-refractivity contribution >= 4 is 11.9 Å². The lowest BCUT2D eigenvalue weighted by molar-refractivity contribution is -0.143. The first-order valence-electron chi connectivity index (χ1n) is 29.9. The Kier molecular flexibility index (Phi) is 55.0. The summed E-state index contributed by atoms with van der Waals surface area (Å²) in [6.07, 6.45) is 66.5. The minimum atomic E-state index is -0.664. The number of carbonyl (C=O) groups is 2. The van der Waals surface area contributed by atoms with Crippen LogP contribution in [0, 0.1) is 0 Å². The molecule has 66 heavy (non-hydrogen) atoms. The Balaban J connectivity index is 3.38. The third-order valence-corrected chi connectivity index (χ3v) is 14.1. The smallest absolute Gasteiger partial charge is 0.305 e. The largest absolute Gasteiger partial charge is 0.466 e. The van der Waals surface area contributed by atoms with Gasteiger partial charge in [0, 0.05) is 12.8 Å². The third kappa shape index (κ3) is 52.0. The van der Waals surface area contributed by atoms with Gasteiger partial charge < -0.3 is 20.3 Å². The molecule has 3 N–H and O–H groups in total. The molecule has 0 fully saturated rings. The standard InChI is InChI=1S/C60H117NO5/c1-3-5-7-9-11-13-15-29-33-36-40-44-48-52-58(63)57(56-62)61-59(64)53-49-45-41-37-34-30-27-25-23-21-19-17-16-18-20-22-24-26-28-31-35-39-43-47-51-55-66-60(65)54-50-46-42-38-32-14-12-10-8-6-4-2/h17,19,57-58,62-63H,3-16,18,20-56H2,1-2H3,(H,61,64)/b19-17-. The van der Waals surface area contributed by atoms with E-state index in [1.807, 2.05) is 0 Å². The highest BCUT2D eigenvalue weighted by molar-refractivity contribution is 5.76. The molecule has 392 valence electrons. The number of hydrogen-bond acceptors (Lipinski definition) is 5. The van der Waals surface area contributed by atoms with Crippen molar-refractivity contribution in [3.63, 3.8) is 0 Å². The van der Waals surface area contributed by atoms with Gasteiger partial charge in [0.05, 0.1) is 25.4 Å². The Labute approximate surface area is 412 Å². The second-order valence-electron chi connectivity index (χ2n) is 20.7. The molecule has 0 radical (unpaired) electrons. The van der Waals surface area contributed by atoms with Crippen LogP contribution in [-0.4, -0.2) is 47.4 Å². The second-order valence-corrected chi connectivity index (χ2v) is 20.7. The van der Waals surface area contributed by atoms with E-state index in [9.17, 15) is 19.8 Å². The first kappa shape index (κ1) is 64.6. The van der Waals surface area contributed by atoms with E-state index < -0.39 is 12.1 Å². The molecule has 0 heterocycles. The van der Waals surface area contributed by atoms with Crippen molar-refractivity contribution in [2.75, 3.05) is 13.2 Å². The Hall–Kier alpha value is -1.40. The summed E-state index contributed by atoms with van der Waals surface area (Å²) in [7, 11) is 0. The zero-order chi connectivity index (χ0) is 47.9. The summed E-state index contributed by atoms with van der Waals surface area (Å²) >= 11 is 0. The van der Waals surface area contributed by atoms with Crippen LogP contribution in [0.5, 0.6) is 0 Å². The maximum absolute atomic E-state index is 12.5. The summed E-state index contributed by atoms with van der Waals surface area (Å²) in [6, 6.07) is -0.542. The maximum atomic E-state index is 12.5. The maximum Gasteiger partial charge on any atom is 0.305 e. The zero-order valence-electron chi connectivity index (χ0n) is 44.7.